The van der Waals surface area contributed by atoms with Crippen LogP contribution in [0.15, 0.2) is 220 Å². The van der Waals surface area contributed by atoms with Crippen molar-refractivity contribution >= 4 is 121 Å². The van der Waals surface area contributed by atoms with E-state index in [1.807, 2.05) is 24.3 Å². The molecular formula is C56H34N2O3. The van der Waals surface area contributed by atoms with Gasteiger partial charge in [-0.15, -0.1) is 0 Å². The maximum absolute atomic E-state index is 7.12. The monoisotopic (exact) mass is 782 g/mol. The number of para-hydroxylation sites is 6. The van der Waals surface area contributed by atoms with Crippen LogP contribution in [0.25, 0.3) is 87.4 Å². The van der Waals surface area contributed by atoms with Gasteiger partial charge in [0.15, 0.2) is 11.2 Å². The van der Waals surface area contributed by atoms with Crippen molar-refractivity contribution in [1.82, 2.24) is 0 Å². The van der Waals surface area contributed by atoms with Gasteiger partial charge >= 0.3 is 0 Å². The Labute approximate surface area is 349 Å². The molecule has 0 spiro atoms. The molecule has 0 saturated heterocycles. The smallest absolute Gasteiger partial charge is 0.159 e. The van der Waals surface area contributed by atoms with Gasteiger partial charge in [0.25, 0.3) is 0 Å². The van der Waals surface area contributed by atoms with E-state index in [4.69, 9.17) is 13.3 Å². The summed E-state index contributed by atoms with van der Waals surface area (Å²) in [6.07, 6.45) is 0. The van der Waals surface area contributed by atoms with Gasteiger partial charge in [-0.1, -0.05) is 146 Å². The molecule has 0 saturated carbocycles. The maximum atomic E-state index is 7.12. The van der Waals surface area contributed by atoms with E-state index < -0.39 is 0 Å². The first kappa shape index (κ1) is 33.7. The lowest BCUT2D eigenvalue weighted by Gasteiger charge is -2.27. The van der Waals surface area contributed by atoms with Crippen LogP contribution in [0.5, 0.6) is 0 Å². The third-order valence-electron chi connectivity index (χ3n) is 12.2. The van der Waals surface area contributed by atoms with Gasteiger partial charge in [0, 0.05) is 65.2 Å². The number of anilines is 6. The van der Waals surface area contributed by atoms with Crippen molar-refractivity contribution in [2.24, 2.45) is 0 Å². The van der Waals surface area contributed by atoms with E-state index in [9.17, 15) is 0 Å². The zero-order valence-corrected chi connectivity index (χ0v) is 32.7. The maximum Gasteiger partial charge on any atom is 0.159 e. The largest absolute Gasteiger partial charge is 0.455 e. The Balaban J connectivity index is 1.13. The summed E-state index contributed by atoms with van der Waals surface area (Å²) in [6.45, 7) is 0. The number of nitrogens with zero attached hydrogens (tertiary/aromatic N) is 2. The third kappa shape index (κ3) is 5.01. The second-order valence-electron chi connectivity index (χ2n) is 15.6. The summed E-state index contributed by atoms with van der Waals surface area (Å²) in [5.41, 5.74) is 11.1. The van der Waals surface area contributed by atoms with Gasteiger partial charge in [0.1, 0.15) is 22.3 Å². The number of rotatable bonds is 6. The lowest BCUT2D eigenvalue weighted by Crippen LogP contribution is -2.11. The van der Waals surface area contributed by atoms with E-state index in [0.717, 1.165) is 121 Å². The Bertz CT molecular complexity index is 3590. The molecule has 5 nitrogen and oxygen atoms in total. The predicted molar refractivity (Wildman–Crippen MR) is 253 cm³/mol. The quantitative estimate of drug-likeness (QED) is 0.168. The minimum Gasteiger partial charge on any atom is -0.455 e. The van der Waals surface area contributed by atoms with Crippen LogP contribution in [0.1, 0.15) is 0 Å². The fourth-order valence-electron chi connectivity index (χ4n) is 9.54. The summed E-state index contributed by atoms with van der Waals surface area (Å²) in [4.78, 5) is 4.68. The molecule has 13 aromatic rings. The van der Waals surface area contributed by atoms with Crippen LogP contribution in [0.2, 0.25) is 0 Å². The summed E-state index contributed by atoms with van der Waals surface area (Å²) in [5.74, 6) is 0. The summed E-state index contributed by atoms with van der Waals surface area (Å²) >= 11 is 0. The van der Waals surface area contributed by atoms with Crippen molar-refractivity contribution in [3.05, 3.63) is 206 Å². The molecule has 0 amide bonds. The fourth-order valence-corrected chi connectivity index (χ4v) is 9.54. The lowest BCUT2D eigenvalue weighted by atomic mass is 9.99. The molecule has 0 unspecified atom stereocenters. The second-order valence-corrected chi connectivity index (χ2v) is 15.6. The highest BCUT2D eigenvalue weighted by atomic mass is 16.3. The number of furan rings is 3. The Morgan fingerprint density at radius 3 is 1.02 bits per heavy atom. The highest BCUT2D eigenvalue weighted by Crippen LogP contribution is 2.51. The third-order valence-corrected chi connectivity index (χ3v) is 12.2. The SMILES string of the molecule is c1ccc(N(c2cc3c4cc(N(c5ccccc5)c5cccc6c5oc5ccccc56)c5ccccc5c4oc3c3ccccc23)c2cccc3c2oc2ccccc23)cc1. The van der Waals surface area contributed by atoms with Crippen molar-refractivity contribution in [2.75, 3.05) is 9.80 Å². The van der Waals surface area contributed by atoms with Gasteiger partial charge in [-0.05, 0) is 60.7 Å². The highest BCUT2D eigenvalue weighted by molar-refractivity contribution is 6.26. The molecule has 0 N–H and O–H groups in total. The average molecular weight is 783 g/mol. The van der Waals surface area contributed by atoms with Crippen LogP contribution >= 0.6 is 0 Å². The zero-order valence-electron chi connectivity index (χ0n) is 32.7. The molecule has 3 aromatic heterocycles. The minimum atomic E-state index is 0.834. The Kier molecular flexibility index (Phi) is 7.24. The second kappa shape index (κ2) is 13.1. The zero-order chi connectivity index (χ0) is 40.0. The number of fused-ring (bicyclic) bond motifs is 13. The predicted octanol–water partition coefficient (Wildman–Crippen LogP) is 16.6. The minimum absolute atomic E-state index is 0.834. The van der Waals surface area contributed by atoms with E-state index >= 15 is 0 Å². The molecule has 0 aliphatic heterocycles. The summed E-state index contributed by atoms with van der Waals surface area (Å²) in [5, 5.41) is 10.6. The Hall–Kier alpha value is -8.28. The van der Waals surface area contributed by atoms with Gasteiger partial charge in [0.2, 0.25) is 0 Å². The molecular weight excluding hydrogens is 749 g/mol. The summed E-state index contributed by atoms with van der Waals surface area (Å²) in [6, 6.07) is 72.3. The van der Waals surface area contributed by atoms with Gasteiger partial charge in [-0.25, -0.2) is 0 Å². The van der Waals surface area contributed by atoms with E-state index in [0.29, 0.717) is 0 Å². The molecule has 0 radical (unpaired) electrons. The molecule has 61 heavy (non-hydrogen) atoms. The van der Waals surface area contributed by atoms with Crippen molar-refractivity contribution in [1.29, 1.82) is 0 Å². The number of hydrogen-bond acceptors (Lipinski definition) is 5. The van der Waals surface area contributed by atoms with Gasteiger partial charge in [-0.3, -0.25) is 0 Å². The van der Waals surface area contributed by atoms with Crippen LogP contribution < -0.4 is 9.80 Å². The van der Waals surface area contributed by atoms with Gasteiger partial charge < -0.3 is 23.1 Å². The van der Waals surface area contributed by atoms with Crippen molar-refractivity contribution < 1.29 is 13.3 Å². The first-order valence-electron chi connectivity index (χ1n) is 20.6. The van der Waals surface area contributed by atoms with Gasteiger partial charge in [0.05, 0.1) is 22.7 Å². The molecule has 0 aliphatic rings. The molecule has 286 valence electrons. The van der Waals surface area contributed by atoms with E-state index in [1.165, 1.54) is 0 Å². The molecule has 13 rings (SSSR count). The number of benzene rings is 10. The molecule has 3 heterocycles. The van der Waals surface area contributed by atoms with Crippen molar-refractivity contribution in [3.63, 3.8) is 0 Å². The molecule has 5 heteroatoms. The van der Waals surface area contributed by atoms with Crippen LogP contribution in [0.4, 0.5) is 34.1 Å². The van der Waals surface area contributed by atoms with E-state index in [-0.39, 0.29) is 0 Å². The summed E-state index contributed by atoms with van der Waals surface area (Å²) in [7, 11) is 0. The lowest BCUT2D eigenvalue weighted by molar-refractivity contribution is 0.669. The normalized spacial score (nSPS) is 11.9. The van der Waals surface area contributed by atoms with E-state index in [1.54, 1.807) is 0 Å². The van der Waals surface area contributed by atoms with Crippen LogP contribution in [-0.2, 0) is 0 Å². The van der Waals surface area contributed by atoms with Crippen molar-refractivity contribution in [2.45, 2.75) is 0 Å². The fraction of sp³-hybridized carbons (Fsp3) is 0. The highest BCUT2D eigenvalue weighted by Gasteiger charge is 2.27. The molecule has 0 fully saturated rings. The first-order chi connectivity index (χ1) is 30.3. The first-order valence-corrected chi connectivity index (χ1v) is 20.6. The topological polar surface area (TPSA) is 45.9 Å². The van der Waals surface area contributed by atoms with Crippen LogP contribution in [-0.4, -0.2) is 0 Å². The molecule has 0 bridgehead atoms. The number of hydrogen-bond donors (Lipinski definition) is 0. The average Bonchev–Trinajstić information content (AvgIpc) is 4.02. The van der Waals surface area contributed by atoms with E-state index in [2.05, 4.69) is 192 Å². The van der Waals surface area contributed by atoms with Crippen LogP contribution in [0.3, 0.4) is 0 Å². The van der Waals surface area contributed by atoms with Crippen molar-refractivity contribution in [3.8, 4) is 0 Å². The molecule has 0 aliphatic carbocycles. The summed E-state index contributed by atoms with van der Waals surface area (Å²) < 4.78 is 20.5. The van der Waals surface area contributed by atoms with Crippen LogP contribution in [0, 0.1) is 0 Å². The Morgan fingerprint density at radius 1 is 0.230 bits per heavy atom. The Morgan fingerprint density at radius 2 is 0.574 bits per heavy atom. The van der Waals surface area contributed by atoms with Gasteiger partial charge in [-0.2, -0.15) is 0 Å². The molecule has 0 atom stereocenters. The standard InChI is InChI=1S/C56H34N2O3/c1-3-17-35(18-4-1)57(47-29-15-27-43-39-23-11-13-31-51(39)59-55(43)47)49-33-45-46-34-50(38-22-8-10-26-42(38)54(46)61-53(45)41-25-9-7-21-37(41)49)58(36-19-5-2-6-20-36)48-30-16-28-44-40-24-12-14-32-52(40)60-56(44)48/h1-34H. The molecule has 10 aromatic carbocycles.